The molecule has 0 unspecified atom stereocenters. The number of aryl methyl sites for hydroxylation is 2. The van der Waals surface area contributed by atoms with Crippen molar-refractivity contribution < 1.29 is 22.7 Å². The molecule has 9 heteroatoms. The van der Waals surface area contributed by atoms with Gasteiger partial charge in [-0.1, -0.05) is 36.9 Å². The van der Waals surface area contributed by atoms with Gasteiger partial charge in [0.25, 0.3) is 15.9 Å². The Labute approximate surface area is 218 Å². The maximum atomic E-state index is 13.5. The topological polar surface area (TPSA) is 97.3 Å². The number of carbonyl (C=O) groups is 1. The minimum absolute atomic E-state index is 0.0904. The molecule has 37 heavy (non-hydrogen) atoms. The van der Waals surface area contributed by atoms with E-state index in [0.29, 0.717) is 36.0 Å². The van der Waals surface area contributed by atoms with E-state index in [1.54, 1.807) is 54.6 Å². The summed E-state index contributed by atoms with van der Waals surface area (Å²) < 4.78 is 39.2. The number of amides is 1. The lowest BCUT2D eigenvalue weighted by Crippen LogP contribution is -2.39. The van der Waals surface area contributed by atoms with Crippen LogP contribution < -0.4 is 19.2 Å². The Bertz CT molecular complexity index is 1350. The highest BCUT2D eigenvalue weighted by molar-refractivity contribution is 7.92. The van der Waals surface area contributed by atoms with Gasteiger partial charge in [0.15, 0.2) is 11.5 Å². The molecule has 0 radical (unpaired) electrons. The molecule has 0 aliphatic heterocycles. The molecule has 0 heterocycles. The van der Waals surface area contributed by atoms with Gasteiger partial charge in [-0.15, -0.1) is 0 Å². The first-order chi connectivity index (χ1) is 17.7. The number of hydrogen-bond acceptors (Lipinski definition) is 6. The van der Waals surface area contributed by atoms with E-state index in [2.05, 4.69) is 17.1 Å². The molecule has 0 atom stereocenters. The van der Waals surface area contributed by atoms with Crippen molar-refractivity contribution in [1.29, 1.82) is 0 Å². The van der Waals surface area contributed by atoms with Crippen LogP contribution in [-0.4, -0.2) is 40.3 Å². The molecule has 1 N–H and O–H groups in total. The maximum Gasteiger partial charge on any atom is 0.264 e. The van der Waals surface area contributed by atoms with Crippen molar-refractivity contribution >= 4 is 27.8 Å². The average molecular weight is 522 g/mol. The standard InChI is InChI=1S/C28H31N3O5S/c1-5-14-36-26-13-12-23(18-27(26)35-6-2)19-29-30-28(32)20-31(24-16-21(3)15-22(4)17-24)37(33,34)25-10-8-7-9-11-25/h5,7-13,15-19H,1,6,14,20H2,2-4H3,(H,30,32)/b29-19+. The van der Waals surface area contributed by atoms with Crippen LogP contribution in [0.2, 0.25) is 0 Å². The van der Waals surface area contributed by atoms with E-state index in [0.717, 1.165) is 15.4 Å². The lowest BCUT2D eigenvalue weighted by Gasteiger charge is -2.24. The summed E-state index contributed by atoms with van der Waals surface area (Å²) >= 11 is 0. The highest BCUT2D eigenvalue weighted by Crippen LogP contribution is 2.28. The molecule has 0 saturated heterocycles. The molecular weight excluding hydrogens is 490 g/mol. The van der Waals surface area contributed by atoms with Gasteiger partial charge >= 0.3 is 0 Å². The molecule has 0 fully saturated rings. The summed E-state index contributed by atoms with van der Waals surface area (Å²) in [7, 11) is -4.00. The molecule has 0 bridgehead atoms. The molecule has 3 rings (SSSR count). The molecule has 0 aromatic heterocycles. The van der Waals surface area contributed by atoms with E-state index in [9.17, 15) is 13.2 Å². The van der Waals surface area contributed by atoms with Gasteiger partial charge in [0.05, 0.1) is 23.4 Å². The maximum absolute atomic E-state index is 13.5. The molecule has 8 nitrogen and oxygen atoms in total. The van der Waals surface area contributed by atoms with E-state index in [4.69, 9.17) is 9.47 Å². The molecule has 194 valence electrons. The minimum Gasteiger partial charge on any atom is -0.490 e. The van der Waals surface area contributed by atoms with Crippen LogP contribution in [0.15, 0.2) is 89.4 Å². The lowest BCUT2D eigenvalue weighted by molar-refractivity contribution is -0.119. The van der Waals surface area contributed by atoms with E-state index >= 15 is 0 Å². The summed E-state index contributed by atoms with van der Waals surface area (Å²) in [5.41, 5.74) is 5.25. The summed E-state index contributed by atoms with van der Waals surface area (Å²) in [4.78, 5) is 12.9. The van der Waals surface area contributed by atoms with Crippen molar-refractivity contribution in [3.8, 4) is 11.5 Å². The van der Waals surface area contributed by atoms with Gasteiger partial charge in [-0.25, -0.2) is 13.8 Å². The highest BCUT2D eigenvalue weighted by Gasteiger charge is 2.27. The molecular formula is C28H31N3O5S. The zero-order chi connectivity index (χ0) is 26.8. The number of ether oxygens (including phenoxy) is 2. The van der Waals surface area contributed by atoms with Crippen LogP contribution in [0.4, 0.5) is 5.69 Å². The smallest absolute Gasteiger partial charge is 0.264 e. The predicted molar refractivity (Wildman–Crippen MR) is 146 cm³/mol. The summed E-state index contributed by atoms with van der Waals surface area (Å²) in [6.07, 6.45) is 3.09. The Morgan fingerprint density at radius 1 is 1.00 bits per heavy atom. The number of benzene rings is 3. The number of hydrogen-bond donors (Lipinski definition) is 1. The highest BCUT2D eigenvalue weighted by atomic mass is 32.2. The van der Waals surface area contributed by atoms with Crippen LogP contribution in [0.3, 0.4) is 0 Å². The third-order valence-corrected chi connectivity index (χ3v) is 6.93. The minimum atomic E-state index is -4.00. The van der Waals surface area contributed by atoms with Crippen molar-refractivity contribution in [3.05, 3.63) is 96.1 Å². The van der Waals surface area contributed by atoms with Crippen molar-refractivity contribution in [2.45, 2.75) is 25.7 Å². The predicted octanol–water partition coefficient (Wildman–Crippen LogP) is 4.61. The van der Waals surface area contributed by atoms with E-state index in [-0.39, 0.29) is 4.90 Å². The third-order valence-electron chi connectivity index (χ3n) is 5.14. The van der Waals surface area contributed by atoms with E-state index < -0.39 is 22.5 Å². The van der Waals surface area contributed by atoms with Crippen LogP contribution in [0.1, 0.15) is 23.6 Å². The first-order valence-corrected chi connectivity index (χ1v) is 13.2. The van der Waals surface area contributed by atoms with Gasteiger partial charge < -0.3 is 9.47 Å². The molecule has 3 aromatic rings. The largest absolute Gasteiger partial charge is 0.490 e. The Kier molecular flexibility index (Phi) is 9.45. The van der Waals surface area contributed by atoms with E-state index in [1.807, 2.05) is 26.8 Å². The van der Waals surface area contributed by atoms with Crippen molar-refractivity contribution in [3.63, 3.8) is 0 Å². The third kappa shape index (κ3) is 7.44. The molecule has 1 amide bonds. The molecule has 0 aliphatic rings. The quantitative estimate of drug-likeness (QED) is 0.213. The van der Waals surface area contributed by atoms with Gasteiger partial charge in [0.1, 0.15) is 13.2 Å². The zero-order valence-corrected chi connectivity index (χ0v) is 22.0. The summed E-state index contributed by atoms with van der Waals surface area (Å²) in [5, 5.41) is 4.01. The van der Waals surface area contributed by atoms with Gasteiger partial charge in [0, 0.05) is 0 Å². The van der Waals surface area contributed by atoms with Crippen molar-refractivity contribution in [2.75, 3.05) is 24.1 Å². The van der Waals surface area contributed by atoms with Gasteiger partial charge in [0.2, 0.25) is 0 Å². The number of hydrazone groups is 1. The summed E-state index contributed by atoms with van der Waals surface area (Å²) in [6, 6.07) is 18.7. The van der Waals surface area contributed by atoms with Gasteiger partial charge in [-0.05, 0) is 79.9 Å². The van der Waals surface area contributed by atoms with Crippen LogP contribution in [0.25, 0.3) is 0 Å². The Morgan fingerprint density at radius 2 is 1.70 bits per heavy atom. The molecule has 0 spiro atoms. The van der Waals surface area contributed by atoms with Crippen LogP contribution >= 0.6 is 0 Å². The SMILES string of the molecule is C=CCOc1ccc(/C=N/NC(=O)CN(c2cc(C)cc(C)c2)S(=O)(=O)c2ccccc2)cc1OCC. The second kappa shape index (κ2) is 12.7. The molecule has 0 saturated carbocycles. The van der Waals surface area contributed by atoms with Crippen molar-refractivity contribution in [1.82, 2.24) is 5.43 Å². The number of rotatable bonds is 12. The van der Waals surface area contributed by atoms with Gasteiger partial charge in [-0.3, -0.25) is 9.10 Å². The van der Waals surface area contributed by atoms with Crippen LogP contribution in [0.5, 0.6) is 11.5 Å². The fourth-order valence-electron chi connectivity index (χ4n) is 3.62. The van der Waals surface area contributed by atoms with E-state index in [1.165, 1.54) is 18.3 Å². The monoisotopic (exact) mass is 521 g/mol. The van der Waals surface area contributed by atoms with Crippen molar-refractivity contribution in [2.24, 2.45) is 5.10 Å². The second-order valence-electron chi connectivity index (χ2n) is 8.20. The Balaban J connectivity index is 1.81. The zero-order valence-electron chi connectivity index (χ0n) is 21.2. The molecule has 3 aromatic carbocycles. The second-order valence-corrected chi connectivity index (χ2v) is 10.1. The summed E-state index contributed by atoms with van der Waals surface area (Å²) in [5.74, 6) is 0.513. The van der Waals surface area contributed by atoms with Gasteiger partial charge in [-0.2, -0.15) is 5.10 Å². The normalized spacial score (nSPS) is 11.2. The molecule has 0 aliphatic carbocycles. The average Bonchev–Trinajstić information content (AvgIpc) is 2.87. The Hall–Kier alpha value is -4.11. The number of sulfonamides is 1. The van der Waals surface area contributed by atoms with Crippen LogP contribution in [0, 0.1) is 13.8 Å². The first kappa shape index (κ1) is 27.5. The fraction of sp³-hybridized carbons (Fsp3) is 0.214. The fourth-order valence-corrected chi connectivity index (χ4v) is 5.04. The summed E-state index contributed by atoms with van der Waals surface area (Å²) in [6.45, 7) is 9.59. The Morgan fingerprint density at radius 3 is 2.35 bits per heavy atom. The van der Waals surface area contributed by atoms with Crippen LogP contribution in [-0.2, 0) is 14.8 Å². The number of nitrogens with zero attached hydrogens (tertiary/aromatic N) is 2. The number of anilines is 1. The lowest BCUT2D eigenvalue weighted by atomic mass is 10.1. The number of carbonyl (C=O) groups excluding carboxylic acids is 1. The first-order valence-electron chi connectivity index (χ1n) is 11.7. The number of nitrogens with one attached hydrogen (secondary N) is 1.